The zero-order chi connectivity index (χ0) is 19.3. The Morgan fingerprint density at radius 1 is 1.15 bits per heavy atom. The maximum absolute atomic E-state index is 14.2. The van der Waals surface area contributed by atoms with Crippen LogP contribution in [0.4, 0.5) is 10.1 Å². The third-order valence-corrected chi connectivity index (χ3v) is 5.80. The van der Waals surface area contributed by atoms with Gasteiger partial charge in [0.25, 0.3) is 0 Å². The molecule has 1 aromatic carbocycles. The summed E-state index contributed by atoms with van der Waals surface area (Å²) in [5.74, 6) is -1.37. The van der Waals surface area contributed by atoms with Crippen molar-refractivity contribution in [2.45, 2.75) is 33.2 Å². The Morgan fingerprint density at radius 3 is 2.37 bits per heavy atom. The number of carbonyl (C=O) groups excluding carboxylic acids is 2. The first-order valence-corrected chi connectivity index (χ1v) is 9.27. The van der Waals surface area contributed by atoms with Gasteiger partial charge in [-0.3, -0.25) is 14.3 Å². The normalized spacial score (nSPS) is 21.9. The van der Waals surface area contributed by atoms with Crippen molar-refractivity contribution in [3.63, 3.8) is 0 Å². The lowest BCUT2D eigenvalue weighted by atomic mass is 9.85. The number of carbonyl (C=O) groups is 2. The van der Waals surface area contributed by atoms with E-state index in [1.165, 1.54) is 11.0 Å². The first kappa shape index (κ1) is 17.9. The first-order chi connectivity index (χ1) is 12.9. The minimum atomic E-state index is -0.415. The molecule has 1 aromatic heterocycles. The number of nitrogens with zero attached hydrogens (tertiary/aromatic N) is 3. The number of halogens is 2. The summed E-state index contributed by atoms with van der Waals surface area (Å²) in [4.78, 5) is 27.0. The molecule has 0 spiro atoms. The maximum atomic E-state index is 14.2. The van der Waals surface area contributed by atoms with E-state index < -0.39 is 5.82 Å². The van der Waals surface area contributed by atoms with E-state index in [2.05, 4.69) is 5.10 Å². The summed E-state index contributed by atoms with van der Waals surface area (Å²) in [6.07, 6.45) is 5.09. The third-order valence-electron chi connectivity index (χ3n) is 5.44. The van der Waals surface area contributed by atoms with Gasteiger partial charge in [-0.1, -0.05) is 29.8 Å². The lowest BCUT2D eigenvalue weighted by molar-refractivity contribution is -0.122. The van der Waals surface area contributed by atoms with E-state index in [-0.39, 0.29) is 30.2 Å². The Balaban J connectivity index is 1.72. The fourth-order valence-electron chi connectivity index (χ4n) is 4.02. The zero-order valence-electron chi connectivity index (χ0n) is 15.1. The summed E-state index contributed by atoms with van der Waals surface area (Å²) in [5.41, 5.74) is 2.04. The lowest BCUT2D eigenvalue weighted by Gasteiger charge is -2.15. The van der Waals surface area contributed by atoms with Gasteiger partial charge >= 0.3 is 0 Å². The summed E-state index contributed by atoms with van der Waals surface area (Å²) in [7, 11) is 0. The van der Waals surface area contributed by atoms with E-state index in [4.69, 9.17) is 11.6 Å². The number of hydrogen-bond donors (Lipinski definition) is 0. The minimum Gasteiger partial charge on any atom is -0.274 e. The average molecular weight is 388 g/mol. The topological polar surface area (TPSA) is 55.2 Å². The fraction of sp³-hybridized carbons (Fsp3) is 0.350. The van der Waals surface area contributed by atoms with Crippen molar-refractivity contribution in [1.82, 2.24) is 9.78 Å². The molecule has 2 aliphatic rings. The van der Waals surface area contributed by atoms with E-state index >= 15 is 0 Å². The van der Waals surface area contributed by atoms with Gasteiger partial charge in [-0.05, 0) is 38.8 Å². The van der Waals surface area contributed by atoms with Gasteiger partial charge in [0, 0.05) is 10.6 Å². The molecule has 1 aliphatic carbocycles. The van der Waals surface area contributed by atoms with Crippen molar-refractivity contribution in [2.24, 2.45) is 11.8 Å². The van der Waals surface area contributed by atoms with Crippen LogP contribution >= 0.6 is 11.6 Å². The van der Waals surface area contributed by atoms with Gasteiger partial charge < -0.3 is 0 Å². The van der Waals surface area contributed by atoms with Crippen molar-refractivity contribution in [3.05, 3.63) is 58.1 Å². The van der Waals surface area contributed by atoms with Gasteiger partial charge in [-0.15, -0.1) is 0 Å². The summed E-state index contributed by atoms with van der Waals surface area (Å²) in [6, 6.07) is 4.52. The number of hydrogen-bond acceptors (Lipinski definition) is 3. The van der Waals surface area contributed by atoms with Crippen LogP contribution in [0, 0.1) is 31.5 Å². The maximum Gasteiger partial charge on any atom is 0.238 e. The van der Waals surface area contributed by atoms with Crippen LogP contribution in [-0.2, 0) is 16.1 Å². The molecule has 1 fully saturated rings. The van der Waals surface area contributed by atoms with Crippen molar-refractivity contribution in [3.8, 4) is 0 Å². The van der Waals surface area contributed by atoms with Crippen LogP contribution in [0.15, 0.2) is 30.4 Å². The zero-order valence-corrected chi connectivity index (χ0v) is 15.8. The van der Waals surface area contributed by atoms with Crippen molar-refractivity contribution < 1.29 is 14.0 Å². The Morgan fingerprint density at radius 2 is 1.78 bits per heavy atom. The summed E-state index contributed by atoms with van der Waals surface area (Å²) < 4.78 is 15.7. The first-order valence-electron chi connectivity index (χ1n) is 8.90. The van der Waals surface area contributed by atoms with E-state index in [0.717, 1.165) is 0 Å². The van der Waals surface area contributed by atoms with Gasteiger partial charge in [0.2, 0.25) is 11.8 Å². The van der Waals surface area contributed by atoms with Crippen molar-refractivity contribution in [2.75, 3.05) is 4.90 Å². The molecule has 0 unspecified atom stereocenters. The molecule has 140 valence electrons. The standard InChI is InChI=1S/C20H19ClFN3O2/c1-11-18(25-19(26)13-6-3-4-7-14(13)20(25)27)12(2)24(23-11)10-15-16(21)8-5-9-17(15)22/h3-5,8-9,13-14H,6-7,10H2,1-2H3/t13-,14-/m0/s1. The van der Waals surface area contributed by atoms with Gasteiger partial charge in [0.05, 0.1) is 35.5 Å². The molecular formula is C20H19ClFN3O2. The number of amides is 2. The second kappa shape index (κ2) is 6.60. The molecule has 1 saturated heterocycles. The van der Waals surface area contributed by atoms with Gasteiger partial charge in [0.1, 0.15) is 5.82 Å². The highest BCUT2D eigenvalue weighted by atomic mass is 35.5. The number of aromatic nitrogens is 2. The van der Waals surface area contributed by atoms with Gasteiger partial charge in [0.15, 0.2) is 0 Å². The highest BCUT2D eigenvalue weighted by Gasteiger charge is 2.49. The predicted molar refractivity (Wildman–Crippen MR) is 100 cm³/mol. The van der Waals surface area contributed by atoms with Crippen LogP contribution in [0.1, 0.15) is 29.8 Å². The number of benzene rings is 1. The van der Waals surface area contributed by atoms with Crippen LogP contribution in [0.5, 0.6) is 0 Å². The minimum absolute atomic E-state index is 0.128. The van der Waals surface area contributed by atoms with Crippen LogP contribution in [-0.4, -0.2) is 21.6 Å². The quantitative estimate of drug-likeness (QED) is 0.594. The van der Waals surface area contributed by atoms with E-state index in [9.17, 15) is 14.0 Å². The third kappa shape index (κ3) is 2.79. The highest BCUT2D eigenvalue weighted by molar-refractivity contribution is 6.31. The number of anilines is 1. The van der Waals surface area contributed by atoms with Gasteiger partial charge in [-0.25, -0.2) is 9.29 Å². The summed E-state index contributed by atoms with van der Waals surface area (Å²) >= 11 is 6.13. The Bertz CT molecular complexity index is 936. The van der Waals surface area contributed by atoms with Crippen LogP contribution < -0.4 is 4.90 Å². The Labute approximate surface area is 161 Å². The Hall–Kier alpha value is -2.47. The number of fused-ring (bicyclic) bond motifs is 1. The molecule has 27 heavy (non-hydrogen) atoms. The smallest absolute Gasteiger partial charge is 0.238 e. The molecule has 4 rings (SSSR count). The average Bonchev–Trinajstić information content (AvgIpc) is 3.05. The van der Waals surface area contributed by atoms with Crippen LogP contribution in [0.25, 0.3) is 0 Å². The second-order valence-corrected chi connectivity index (χ2v) is 7.45. The van der Waals surface area contributed by atoms with E-state index in [1.54, 1.807) is 30.7 Å². The lowest BCUT2D eigenvalue weighted by Crippen LogP contribution is -2.31. The molecule has 2 atom stereocenters. The monoisotopic (exact) mass is 387 g/mol. The number of imide groups is 1. The molecule has 0 bridgehead atoms. The molecule has 2 heterocycles. The fourth-order valence-corrected chi connectivity index (χ4v) is 4.24. The van der Waals surface area contributed by atoms with Gasteiger partial charge in [-0.2, -0.15) is 5.10 Å². The van der Waals surface area contributed by atoms with E-state index in [0.29, 0.717) is 40.5 Å². The summed E-state index contributed by atoms with van der Waals surface area (Å²) in [5, 5.41) is 4.76. The number of allylic oxidation sites excluding steroid dienone is 2. The van der Waals surface area contributed by atoms with Crippen molar-refractivity contribution in [1.29, 1.82) is 0 Å². The van der Waals surface area contributed by atoms with Crippen molar-refractivity contribution >= 4 is 29.1 Å². The number of aryl methyl sites for hydroxylation is 1. The molecule has 0 saturated carbocycles. The molecule has 2 aromatic rings. The molecule has 1 aliphatic heterocycles. The van der Waals surface area contributed by atoms with Crippen LogP contribution in [0.3, 0.4) is 0 Å². The molecule has 7 heteroatoms. The number of rotatable bonds is 3. The largest absolute Gasteiger partial charge is 0.274 e. The Kier molecular flexibility index (Phi) is 4.38. The molecular weight excluding hydrogens is 369 g/mol. The van der Waals surface area contributed by atoms with E-state index in [1.807, 2.05) is 12.2 Å². The highest BCUT2D eigenvalue weighted by Crippen LogP contribution is 2.40. The molecule has 0 N–H and O–H groups in total. The molecule has 2 amide bonds. The van der Waals surface area contributed by atoms with Crippen LogP contribution in [0.2, 0.25) is 5.02 Å². The SMILES string of the molecule is Cc1nn(Cc2c(F)cccc2Cl)c(C)c1N1C(=O)[C@H]2CC=CC[C@@H]2C1=O. The molecule has 0 radical (unpaired) electrons. The summed E-state index contributed by atoms with van der Waals surface area (Å²) in [6.45, 7) is 3.66. The second-order valence-electron chi connectivity index (χ2n) is 7.04. The molecule has 5 nitrogen and oxygen atoms in total. The predicted octanol–water partition coefficient (Wildman–Crippen LogP) is 3.80.